The Morgan fingerprint density at radius 1 is 1.33 bits per heavy atom. The lowest BCUT2D eigenvalue weighted by atomic mass is 10.1. The second-order valence-corrected chi connectivity index (χ2v) is 4.87. The van der Waals surface area contributed by atoms with Crippen LogP contribution in [0.5, 0.6) is 0 Å². The average Bonchev–Trinajstić information content (AvgIpc) is 2.32. The third-order valence-corrected chi connectivity index (χ3v) is 3.49. The SMILES string of the molecule is CCCN(c1ccc(Cl)c(Cl)c1)C(CC)C(=O)O. The molecule has 0 radical (unpaired) electrons. The molecular weight excluding hydrogens is 273 g/mol. The number of hydrogen-bond acceptors (Lipinski definition) is 2. The number of anilines is 1. The highest BCUT2D eigenvalue weighted by atomic mass is 35.5. The van der Waals surface area contributed by atoms with Gasteiger partial charge in [0.2, 0.25) is 0 Å². The van der Waals surface area contributed by atoms with E-state index in [9.17, 15) is 9.90 Å². The van der Waals surface area contributed by atoms with Gasteiger partial charge in [-0.05, 0) is 31.0 Å². The van der Waals surface area contributed by atoms with Crippen molar-refractivity contribution < 1.29 is 9.90 Å². The Morgan fingerprint density at radius 3 is 2.44 bits per heavy atom. The van der Waals surface area contributed by atoms with Gasteiger partial charge in [-0.1, -0.05) is 37.0 Å². The fraction of sp³-hybridized carbons (Fsp3) is 0.462. The second kappa shape index (κ2) is 6.86. The van der Waals surface area contributed by atoms with Crippen LogP contribution in [0, 0.1) is 0 Å². The molecule has 1 aromatic rings. The Labute approximate surface area is 117 Å². The number of hydrogen-bond donors (Lipinski definition) is 1. The number of carboxylic acids is 1. The Morgan fingerprint density at radius 2 is 2.00 bits per heavy atom. The largest absolute Gasteiger partial charge is 0.480 e. The highest BCUT2D eigenvalue weighted by Gasteiger charge is 2.23. The maximum Gasteiger partial charge on any atom is 0.326 e. The summed E-state index contributed by atoms with van der Waals surface area (Å²) in [6.07, 6.45) is 1.40. The summed E-state index contributed by atoms with van der Waals surface area (Å²) in [5.41, 5.74) is 0.792. The van der Waals surface area contributed by atoms with Crippen molar-refractivity contribution >= 4 is 34.9 Å². The van der Waals surface area contributed by atoms with Crippen LogP contribution in [0.2, 0.25) is 10.0 Å². The van der Waals surface area contributed by atoms with Crippen LogP contribution in [0.3, 0.4) is 0 Å². The minimum Gasteiger partial charge on any atom is -0.480 e. The molecule has 0 aliphatic heterocycles. The van der Waals surface area contributed by atoms with Gasteiger partial charge in [-0.2, -0.15) is 0 Å². The number of rotatable bonds is 6. The molecule has 1 N–H and O–H groups in total. The first kappa shape index (κ1) is 15.1. The summed E-state index contributed by atoms with van der Waals surface area (Å²) < 4.78 is 0. The van der Waals surface area contributed by atoms with Crippen molar-refractivity contribution in [3.63, 3.8) is 0 Å². The molecule has 0 heterocycles. The van der Waals surface area contributed by atoms with Crippen LogP contribution in [0.1, 0.15) is 26.7 Å². The molecule has 0 aromatic heterocycles. The maximum atomic E-state index is 11.3. The maximum absolute atomic E-state index is 11.3. The topological polar surface area (TPSA) is 40.5 Å². The van der Waals surface area contributed by atoms with E-state index in [1.807, 2.05) is 18.7 Å². The van der Waals surface area contributed by atoms with Gasteiger partial charge < -0.3 is 10.0 Å². The summed E-state index contributed by atoms with van der Waals surface area (Å²) >= 11 is 11.9. The molecule has 0 spiro atoms. The molecule has 1 rings (SSSR count). The van der Waals surface area contributed by atoms with Crippen LogP contribution >= 0.6 is 23.2 Å². The number of carboxylic acid groups (broad SMARTS) is 1. The average molecular weight is 290 g/mol. The van der Waals surface area contributed by atoms with Crippen molar-refractivity contribution in [1.82, 2.24) is 0 Å². The van der Waals surface area contributed by atoms with Crippen molar-refractivity contribution in [2.75, 3.05) is 11.4 Å². The van der Waals surface area contributed by atoms with Gasteiger partial charge in [-0.15, -0.1) is 0 Å². The van der Waals surface area contributed by atoms with E-state index in [1.54, 1.807) is 18.2 Å². The van der Waals surface area contributed by atoms with Crippen LogP contribution in [0.15, 0.2) is 18.2 Å². The Hall–Kier alpha value is -0.930. The van der Waals surface area contributed by atoms with Gasteiger partial charge in [0, 0.05) is 12.2 Å². The zero-order valence-corrected chi connectivity index (χ0v) is 12.0. The van der Waals surface area contributed by atoms with Gasteiger partial charge in [0.05, 0.1) is 10.0 Å². The summed E-state index contributed by atoms with van der Waals surface area (Å²) in [6.45, 7) is 4.54. The summed E-state index contributed by atoms with van der Waals surface area (Å²) in [5.74, 6) is -0.822. The molecule has 0 amide bonds. The predicted molar refractivity (Wildman–Crippen MR) is 75.8 cm³/mol. The minimum atomic E-state index is -0.822. The van der Waals surface area contributed by atoms with E-state index in [-0.39, 0.29) is 0 Å². The molecule has 1 aromatic carbocycles. The molecule has 1 atom stereocenters. The lowest BCUT2D eigenvalue weighted by Gasteiger charge is -2.30. The Balaban J connectivity index is 3.10. The van der Waals surface area contributed by atoms with E-state index in [0.29, 0.717) is 23.0 Å². The highest BCUT2D eigenvalue weighted by Crippen LogP contribution is 2.28. The van der Waals surface area contributed by atoms with Gasteiger partial charge in [-0.3, -0.25) is 0 Å². The van der Waals surface area contributed by atoms with E-state index in [4.69, 9.17) is 23.2 Å². The quantitative estimate of drug-likeness (QED) is 0.858. The number of benzene rings is 1. The van der Waals surface area contributed by atoms with Gasteiger partial charge in [0.15, 0.2) is 0 Å². The molecule has 0 saturated heterocycles. The first-order valence-corrected chi connectivity index (χ1v) is 6.71. The fourth-order valence-corrected chi connectivity index (χ4v) is 2.19. The second-order valence-electron chi connectivity index (χ2n) is 4.05. The van der Waals surface area contributed by atoms with E-state index >= 15 is 0 Å². The van der Waals surface area contributed by atoms with E-state index in [0.717, 1.165) is 12.1 Å². The summed E-state index contributed by atoms with van der Waals surface area (Å²) in [5, 5.41) is 10.2. The van der Waals surface area contributed by atoms with Crippen LogP contribution in [-0.2, 0) is 4.79 Å². The highest BCUT2D eigenvalue weighted by molar-refractivity contribution is 6.42. The van der Waals surface area contributed by atoms with E-state index < -0.39 is 12.0 Å². The zero-order valence-electron chi connectivity index (χ0n) is 10.5. The summed E-state index contributed by atoms with van der Waals surface area (Å²) in [6, 6.07) is 4.67. The lowest BCUT2D eigenvalue weighted by molar-refractivity contribution is -0.138. The molecule has 0 aliphatic rings. The zero-order chi connectivity index (χ0) is 13.7. The first-order valence-electron chi connectivity index (χ1n) is 5.95. The number of halogens is 2. The molecule has 1 unspecified atom stereocenters. The monoisotopic (exact) mass is 289 g/mol. The van der Waals surface area contributed by atoms with Crippen molar-refractivity contribution in [2.45, 2.75) is 32.7 Å². The number of aliphatic carboxylic acids is 1. The third kappa shape index (κ3) is 3.53. The van der Waals surface area contributed by atoms with E-state index in [2.05, 4.69) is 0 Å². The standard InChI is InChI=1S/C13H17Cl2NO2/c1-3-7-16(12(4-2)13(17)18)9-5-6-10(14)11(15)8-9/h5-6,8,12H,3-4,7H2,1-2H3,(H,17,18). The minimum absolute atomic E-state index is 0.440. The lowest BCUT2D eigenvalue weighted by Crippen LogP contribution is -2.41. The Bertz CT molecular complexity index is 423. The Kier molecular flexibility index (Phi) is 5.76. The summed E-state index contributed by atoms with van der Waals surface area (Å²) in [7, 11) is 0. The molecule has 0 aliphatic carbocycles. The molecule has 5 heteroatoms. The van der Waals surface area contributed by atoms with Crippen LogP contribution in [0.4, 0.5) is 5.69 Å². The molecule has 3 nitrogen and oxygen atoms in total. The molecule has 0 fully saturated rings. The van der Waals surface area contributed by atoms with Gasteiger partial charge in [-0.25, -0.2) is 4.79 Å². The van der Waals surface area contributed by atoms with Crippen molar-refractivity contribution in [3.05, 3.63) is 28.2 Å². The molecule has 18 heavy (non-hydrogen) atoms. The van der Waals surface area contributed by atoms with E-state index in [1.165, 1.54) is 0 Å². The van der Waals surface area contributed by atoms with Gasteiger partial charge >= 0.3 is 5.97 Å². The molecule has 0 bridgehead atoms. The van der Waals surface area contributed by atoms with Gasteiger partial charge in [0.1, 0.15) is 6.04 Å². The van der Waals surface area contributed by atoms with Crippen LogP contribution in [0.25, 0.3) is 0 Å². The molecular formula is C13H17Cl2NO2. The van der Waals surface area contributed by atoms with Gasteiger partial charge in [0.25, 0.3) is 0 Å². The number of nitrogens with zero attached hydrogens (tertiary/aromatic N) is 1. The van der Waals surface area contributed by atoms with Crippen molar-refractivity contribution in [2.24, 2.45) is 0 Å². The molecule has 100 valence electrons. The molecule has 0 saturated carbocycles. The van der Waals surface area contributed by atoms with Crippen molar-refractivity contribution in [1.29, 1.82) is 0 Å². The smallest absolute Gasteiger partial charge is 0.326 e. The fourth-order valence-electron chi connectivity index (χ4n) is 1.90. The van der Waals surface area contributed by atoms with Crippen LogP contribution < -0.4 is 4.90 Å². The normalized spacial score (nSPS) is 12.2. The van der Waals surface area contributed by atoms with Crippen molar-refractivity contribution in [3.8, 4) is 0 Å². The first-order chi connectivity index (χ1) is 8.51. The predicted octanol–water partition coefficient (Wildman–Crippen LogP) is 4.07. The summed E-state index contributed by atoms with van der Waals surface area (Å²) in [4.78, 5) is 13.1. The third-order valence-electron chi connectivity index (χ3n) is 2.75. The number of carbonyl (C=O) groups is 1. The van der Waals surface area contributed by atoms with Crippen LogP contribution in [-0.4, -0.2) is 23.7 Å².